The van der Waals surface area contributed by atoms with Crippen molar-refractivity contribution in [2.75, 3.05) is 13.2 Å². The molecular formula is C24H50O6. The molecule has 0 saturated carbocycles. The monoisotopic (exact) mass is 434 g/mol. The molecule has 6 nitrogen and oxygen atoms in total. The molecule has 0 rings (SSSR count). The van der Waals surface area contributed by atoms with Crippen LogP contribution in [0.15, 0.2) is 0 Å². The number of aliphatic hydroxyl groups excluding tert-OH is 3. The smallest absolute Gasteiger partial charge is 0.303 e. The molecule has 3 unspecified atom stereocenters. The van der Waals surface area contributed by atoms with Gasteiger partial charge in [-0.1, -0.05) is 77.6 Å². The first-order chi connectivity index (χ1) is 14.3. The van der Waals surface area contributed by atoms with Crippen LogP contribution in [0.2, 0.25) is 0 Å². The van der Waals surface area contributed by atoms with Crippen molar-refractivity contribution in [1.29, 1.82) is 0 Å². The van der Waals surface area contributed by atoms with Crippen molar-refractivity contribution >= 4 is 5.97 Å². The van der Waals surface area contributed by atoms with Crippen molar-refractivity contribution in [2.45, 2.75) is 135 Å². The predicted octanol–water partition coefficient (Wildman–Crippen LogP) is 5.07. The van der Waals surface area contributed by atoms with Gasteiger partial charge in [-0.15, -0.1) is 0 Å². The average Bonchev–Trinajstić information content (AvgIpc) is 2.71. The molecule has 30 heavy (non-hydrogen) atoms. The van der Waals surface area contributed by atoms with Crippen molar-refractivity contribution in [3.05, 3.63) is 0 Å². The number of carboxylic acid groups (broad SMARTS) is 1. The lowest BCUT2D eigenvalue weighted by atomic mass is 10.0. The van der Waals surface area contributed by atoms with Crippen LogP contribution in [0.5, 0.6) is 0 Å². The first-order valence-corrected chi connectivity index (χ1v) is 12.1. The summed E-state index contributed by atoms with van der Waals surface area (Å²) in [6.07, 6.45) is 15.7. The van der Waals surface area contributed by atoms with E-state index in [0.29, 0.717) is 13.0 Å². The number of ether oxygens (including phenoxy) is 1. The van der Waals surface area contributed by atoms with Gasteiger partial charge in [0.25, 0.3) is 0 Å². The molecule has 0 radical (unpaired) electrons. The Morgan fingerprint density at radius 3 is 1.70 bits per heavy atom. The quantitative estimate of drug-likeness (QED) is 0.199. The Bertz CT molecular complexity index is 349. The van der Waals surface area contributed by atoms with Gasteiger partial charge in [0.05, 0.1) is 31.5 Å². The second kappa shape index (κ2) is 24.6. The number of carbonyl (C=O) groups is 1. The number of hydrogen-bond acceptors (Lipinski definition) is 5. The molecule has 0 aromatic rings. The molecule has 0 bridgehead atoms. The van der Waals surface area contributed by atoms with E-state index in [9.17, 15) is 9.90 Å². The minimum absolute atomic E-state index is 0.00667. The molecule has 0 aromatic carbocycles. The number of hydrogen-bond donors (Lipinski definition) is 4. The fourth-order valence-electron chi connectivity index (χ4n) is 3.02. The van der Waals surface area contributed by atoms with Crippen molar-refractivity contribution in [3.8, 4) is 0 Å². The highest BCUT2D eigenvalue weighted by atomic mass is 16.5. The lowest BCUT2D eigenvalue weighted by Gasteiger charge is -2.10. The minimum Gasteiger partial charge on any atom is -0.481 e. The molecule has 0 saturated heterocycles. The predicted molar refractivity (Wildman–Crippen MR) is 123 cm³/mol. The van der Waals surface area contributed by atoms with Crippen molar-refractivity contribution in [2.24, 2.45) is 0 Å². The van der Waals surface area contributed by atoms with E-state index in [2.05, 4.69) is 6.92 Å². The van der Waals surface area contributed by atoms with Gasteiger partial charge >= 0.3 is 5.97 Å². The maximum Gasteiger partial charge on any atom is 0.303 e. The zero-order chi connectivity index (χ0) is 23.0. The van der Waals surface area contributed by atoms with E-state index in [1.165, 1.54) is 51.4 Å². The molecule has 0 amide bonds. The maximum absolute atomic E-state index is 10.3. The fraction of sp³-hybridized carbons (Fsp3) is 0.958. The Morgan fingerprint density at radius 2 is 1.27 bits per heavy atom. The van der Waals surface area contributed by atoms with Gasteiger partial charge in [0.1, 0.15) is 0 Å². The third-order valence-corrected chi connectivity index (χ3v) is 4.95. The molecule has 0 aliphatic carbocycles. The Morgan fingerprint density at radius 1 is 0.800 bits per heavy atom. The average molecular weight is 435 g/mol. The molecule has 3 atom stereocenters. The van der Waals surface area contributed by atoms with Crippen LogP contribution in [-0.4, -0.2) is 57.9 Å². The van der Waals surface area contributed by atoms with Crippen molar-refractivity contribution < 1.29 is 30.0 Å². The van der Waals surface area contributed by atoms with Crippen LogP contribution in [0.4, 0.5) is 0 Å². The fourth-order valence-corrected chi connectivity index (χ4v) is 3.02. The molecule has 0 heterocycles. The van der Waals surface area contributed by atoms with Gasteiger partial charge in [-0.2, -0.15) is 0 Å². The van der Waals surface area contributed by atoms with Gasteiger partial charge < -0.3 is 25.2 Å². The normalized spacial score (nSPS) is 13.9. The van der Waals surface area contributed by atoms with Gasteiger partial charge in [0.2, 0.25) is 0 Å². The van der Waals surface area contributed by atoms with E-state index >= 15 is 0 Å². The summed E-state index contributed by atoms with van der Waals surface area (Å²) >= 11 is 0. The zero-order valence-corrected chi connectivity index (χ0v) is 19.9. The Balaban J connectivity index is 0. The summed E-state index contributed by atoms with van der Waals surface area (Å²) in [5, 5.41) is 35.5. The van der Waals surface area contributed by atoms with E-state index in [4.69, 9.17) is 20.1 Å². The molecule has 0 aliphatic rings. The standard InChI is InChI=1S/C18H36O3.C6H14O3/c1-2-3-4-11-14-17(19)15-12-9-7-5-6-8-10-13-16-18(20)21;1-5(8)4-9-6(2)3-7/h17,19H,2-16H2,1H3,(H,20,21);5-8H,3-4H2,1-2H3. The highest BCUT2D eigenvalue weighted by molar-refractivity contribution is 5.66. The van der Waals surface area contributed by atoms with E-state index in [1.54, 1.807) is 13.8 Å². The van der Waals surface area contributed by atoms with E-state index in [1.807, 2.05) is 0 Å². The second-order valence-electron chi connectivity index (χ2n) is 8.44. The third kappa shape index (κ3) is 29.5. The van der Waals surface area contributed by atoms with E-state index in [-0.39, 0.29) is 18.8 Å². The van der Waals surface area contributed by atoms with Crippen LogP contribution in [0, 0.1) is 0 Å². The molecule has 0 spiro atoms. The van der Waals surface area contributed by atoms with Crippen LogP contribution >= 0.6 is 0 Å². The van der Waals surface area contributed by atoms with Gasteiger partial charge in [0.15, 0.2) is 0 Å². The Hall–Kier alpha value is -0.690. The van der Waals surface area contributed by atoms with Gasteiger partial charge in [-0.05, 0) is 33.1 Å². The van der Waals surface area contributed by atoms with Crippen LogP contribution in [-0.2, 0) is 9.53 Å². The van der Waals surface area contributed by atoms with Crippen LogP contribution < -0.4 is 0 Å². The van der Waals surface area contributed by atoms with Crippen molar-refractivity contribution in [1.82, 2.24) is 0 Å². The maximum atomic E-state index is 10.3. The van der Waals surface area contributed by atoms with Crippen LogP contribution in [0.1, 0.15) is 117 Å². The van der Waals surface area contributed by atoms with Crippen molar-refractivity contribution in [3.63, 3.8) is 0 Å². The molecule has 4 N–H and O–H groups in total. The van der Waals surface area contributed by atoms with Gasteiger partial charge in [0, 0.05) is 6.42 Å². The number of aliphatic carboxylic acids is 1. The molecule has 0 aliphatic heterocycles. The van der Waals surface area contributed by atoms with Crippen LogP contribution in [0.25, 0.3) is 0 Å². The summed E-state index contributed by atoms with van der Waals surface area (Å²) in [6.45, 7) is 5.91. The summed E-state index contributed by atoms with van der Waals surface area (Å²) in [4.78, 5) is 10.3. The lowest BCUT2D eigenvalue weighted by molar-refractivity contribution is -0.137. The number of carboxylic acids is 1. The number of aliphatic hydroxyl groups is 3. The SMILES string of the molecule is CC(O)COC(C)CO.CCCCCCC(O)CCCCCCCCCCC(=O)O. The Labute approximate surface area is 185 Å². The topological polar surface area (TPSA) is 107 Å². The summed E-state index contributed by atoms with van der Waals surface area (Å²) in [7, 11) is 0. The van der Waals surface area contributed by atoms with E-state index in [0.717, 1.165) is 38.5 Å². The lowest BCUT2D eigenvalue weighted by Crippen LogP contribution is -2.19. The minimum atomic E-state index is -0.678. The zero-order valence-electron chi connectivity index (χ0n) is 19.9. The van der Waals surface area contributed by atoms with Crippen LogP contribution in [0.3, 0.4) is 0 Å². The highest BCUT2D eigenvalue weighted by Gasteiger charge is 2.03. The molecule has 182 valence electrons. The highest BCUT2D eigenvalue weighted by Crippen LogP contribution is 2.14. The second-order valence-corrected chi connectivity index (χ2v) is 8.44. The first-order valence-electron chi connectivity index (χ1n) is 12.1. The summed E-state index contributed by atoms with van der Waals surface area (Å²) < 4.78 is 4.95. The van der Waals surface area contributed by atoms with Gasteiger partial charge in [-0.25, -0.2) is 0 Å². The molecule has 0 fully saturated rings. The molecular weight excluding hydrogens is 384 g/mol. The summed E-state index contributed by atoms with van der Waals surface area (Å²) in [5.41, 5.74) is 0. The van der Waals surface area contributed by atoms with E-state index < -0.39 is 12.1 Å². The summed E-state index contributed by atoms with van der Waals surface area (Å²) in [5.74, 6) is -0.678. The summed E-state index contributed by atoms with van der Waals surface area (Å²) in [6, 6.07) is 0. The number of unbranched alkanes of at least 4 members (excludes halogenated alkanes) is 10. The molecule has 0 aromatic heterocycles. The number of rotatable bonds is 20. The largest absolute Gasteiger partial charge is 0.481 e. The Kier molecular flexibility index (Phi) is 25.8. The first kappa shape index (κ1) is 31.5. The third-order valence-electron chi connectivity index (χ3n) is 4.95. The molecule has 6 heteroatoms. The van der Waals surface area contributed by atoms with Gasteiger partial charge in [-0.3, -0.25) is 4.79 Å².